The molecule has 2 amide bonds. The number of primary amides is 1. The van der Waals surface area contributed by atoms with E-state index in [4.69, 9.17) is 26.5 Å². The molecule has 174 valence electrons. The molecule has 0 spiro atoms. The van der Waals surface area contributed by atoms with Gasteiger partial charge < -0.3 is 20.2 Å². The average Bonchev–Trinajstić information content (AvgIpc) is 3.48. The fraction of sp³-hybridized carbons (Fsp3) is 0.130. The summed E-state index contributed by atoms with van der Waals surface area (Å²) in [5, 5.41) is 12.4. The third-order valence-electron chi connectivity index (χ3n) is 4.65. The Morgan fingerprint density at radius 3 is 2.53 bits per heavy atom. The lowest BCUT2D eigenvalue weighted by atomic mass is 10.2. The standard InChI is InChI=1S/C23H20ClN5O4S/c24-16-5-9-18(10-6-16)33-13-20-27-28-23(29(20)12-19-2-1-11-32-19)34-14-21(30)26-17-7-3-15(4-8-17)22(25)31/h1-11H,12-14H2,(H2,25,31)(H,26,30). The normalized spacial score (nSPS) is 10.7. The molecule has 0 atom stereocenters. The number of carbonyl (C=O) groups excluding carboxylic acids is 2. The fourth-order valence-corrected chi connectivity index (χ4v) is 3.86. The first-order chi connectivity index (χ1) is 16.5. The Morgan fingerprint density at radius 1 is 1.09 bits per heavy atom. The molecule has 0 saturated carbocycles. The zero-order valence-electron chi connectivity index (χ0n) is 17.8. The van der Waals surface area contributed by atoms with Crippen molar-refractivity contribution in [2.75, 3.05) is 11.1 Å². The van der Waals surface area contributed by atoms with Gasteiger partial charge in [-0.05, 0) is 60.7 Å². The lowest BCUT2D eigenvalue weighted by Gasteiger charge is -2.10. The van der Waals surface area contributed by atoms with Gasteiger partial charge in [0.15, 0.2) is 11.0 Å². The van der Waals surface area contributed by atoms with E-state index in [0.717, 1.165) is 0 Å². The summed E-state index contributed by atoms with van der Waals surface area (Å²) in [6.07, 6.45) is 1.59. The molecule has 0 aliphatic heterocycles. The minimum atomic E-state index is -0.528. The molecule has 0 unspecified atom stereocenters. The monoisotopic (exact) mass is 497 g/mol. The first-order valence-corrected chi connectivity index (χ1v) is 11.5. The topological polar surface area (TPSA) is 125 Å². The highest BCUT2D eigenvalue weighted by Gasteiger charge is 2.16. The van der Waals surface area contributed by atoms with Crippen molar-refractivity contribution >= 4 is 40.9 Å². The number of nitrogens with one attached hydrogen (secondary N) is 1. The van der Waals surface area contributed by atoms with Crippen LogP contribution in [0, 0.1) is 0 Å². The highest BCUT2D eigenvalue weighted by molar-refractivity contribution is 7.99. The van der Waals surface area contributed by atoms with E-state index in [1.54, 1.807) is 60.9 Å². The number of amides is 2. The van der Waals surface area contributed by atoms with Gasteiger partial charge in [-0.15, -0.1) is 10.2 Å². The van der Waals surface area contributed by atoms with Crippen LogP contribution in [0.2, 0.25) is 5.02 Å². The summed E-state index contributed by atoms with van der Waals surface area (Å²) in [4.78, 5) is 23.6. The largest absolute Gasteiger partial charge is 0.486 e. The molecule has 0 radical (unpaired) electrons. The molecule has 2 aromatic carbocycles. The maximum Gasteiger partial charge on any atom is 0.248 e. The van der Waals surface area contributed by atoms with E-state index < -0.39 is 5.91 Å². The van der Waals surface area contributed by atoms with E-state index in [1.807, 2.05) is 10.6 Å². The predicted octanol–water partition coefficient (Wildman–Crippen LogP) is 3.98. The second kappa shape index (κ2) is 10.9. The van der Waals surface area contributed by atoms with Gasteiger partial charge >= 0.3 is 0 Å². The van der Waals surface area contributed by atoms with E-state index in [1.165, 1.54) is 11.8 Å². The molecule has 4 aromatic rings. The van der Waals surface area contributed by atoms with Crippen molar-refractivity contribution in [3.8, 4) is 5.75 Å². The zero-order chi connectivity index (χ0) is 23.9. The molecule has 4 rings (SSSR count). The SMILES string of the molecule is NC(=O)c1ccc(NC(=O)CSc2nnc(COc3ccc(Cl)cc3)n2Cc2ccco2)cc1. The Kier molecular flexibility index (Phi) is 7.51. The van der Waals surface area contributed by atoms with Crippen molar-refractivity contribution in [1.29, 1.82) is 0 Å². The molecule has 2 aromatic heterocycles. The Hall–Kier alpha value is -3.76. The van der Waals surface area contributed by atoms with Gasteiger partial charge in [-0.1, -0.05) is 23.4 Å². The van der Waals surface area contributed by atoms with E-state index in [2.05, 4.69) is 15.5 Å². The Morgan fingerprint density at radius 2 is 1.85 bits per heavy atom. The number of nitrogens with zero attached hydrogens (tertiary/aromatic N) is 3. The number of nitrogens with two attached hydrogens (primary N) is 1. The molecule has 0 fully saturated rings. The molecule has 0 aliphatic rings. The number of furan rings is 1. The summed E-state index contributed by atoms with van der Waals surface area (Å²) in [6.45, 7) is 0.562. The van der Waals surface area contributed by atoms with Gasteiger partial charge in [-0.25, -0.2) is 0 Å². The van der Waals surface area contributed by atoms with E-state index in [-0.39, 0.29) is 18.3 Å². The van der Waals surface area contributed by atoms with Crippen molar-refractivity contribution in [3.05, 3.63) is 89.1 Å². The van der Waals surface area contributed by atoms with Crippen LogP contribution in [0.3, 0.4) is 0 Å². The zero-order valence-corrected chi connectivity index (χ0v) is 19.4. The first kappa shape index (κ1) is 23.4. The number of halogens is 1. The van der Waals surface area contributed by atoms with Crippen LogP contribution in [0.1, 0.15) is 21.9 Å². The van der Waals surface area contributed by atoms with Gasteiger partial charge in [-0.3, -0.25) is 14.2 Å². The van der Waals surface area contributed by atoms with E-state index >= 15 is 0 Å². The van der Waals surface area contributed by atoms with Crippen LogP contribution in [0.25, 0.3) is 0 Å². The third-order valence-corrected chi connectivity index (χ3v) is 5.87. The molecule has 34 heavy (non-hydrogen) atoms. The van der Waals surface area contributed by atoms with E-state index in [9.17, 15) is 9.59 Å². The molecule has 9 nitrogen and oxygen atoms in total. The van der Waals surface area contributed by atoms with Crippen molar-refractivity contribution in [2.45, 2.75) is 18.3 Å². The van der Waals surface area contributed by atoms with Crippen LogP contribution in [0.4, 0.5) is 5.69 Å². The molecule has 0 saturated heterocycles. The molecule has 0 aliphatic carbocycles. The number of thioether (sulfide) groups is 1. The van der Waals surface area contributed by atoms with Gasteiger partial charge in [0.05, 0.1) is 18.6 Å². The lowest BCUT2D eigenvalue weighted by Crippen LogP contribution is -2.16. The van der Waals surface area contributed by atoms with Gasteiger partial charge in [-0.2, -0.15) is 0 Å². The van der Waals surface area contributed by atoms with Gasteiger partial charge in [0.25, 0.3) is 0 Å². The molecule has 2 heterocycles. The van der Waals surface area contributed by atoms with Crippen molar-refractivity contribution in [1.82, 2.24) is 14.8 Å². The van der Waals surface area contributed by atoms with Crippen LogP contribution in [0.5, 0.6) is 5.75 Å². The number of hydrogen-bond acceptors (Lipinski definition) is 7. The van der Waals surface area contributed by atoms with Crippen molar-refractivity contribution in [3.63, 3.8) is 0 Å². The van der Waals surface area contributed by atoms with Crippen LogP contribution >= 0.6 is 23.4 Å². The van der Waals surface area contributed by atoms with E-state index in [0.29, 0.717) is 45.3 Å². The van der Waals surface area contributed by atoms with Crippen molar-refractivity contribution in [2.24, 2.45) is 5.73 Å². The summed E-state index contributed by atoms with van der Waals surface area (Å²) in [5.41, 5.74) is 6.16. The number of ether oxygens (including phenoxy) is 1. The highest BCUT2D eigenvalue weighted by Crippen LogP contribution is 2.22. The van der Waals surface area contributed by atoms with Crippen LogP contribution in [0.15, 0.2) is 76.5 Å². The summed E-state index contributed by atoms with van der Waals surface area (Å²) < 4.78 is 13.1. The van der Waals surface area contributed by atoms with Gasteiger partial charge in [0.2, 0.25) is 11.8 Å². The number of benzene rings is 2. The molecule has 0 bridgehead atoms. The number of aromatic nitrogens is 3. The van der Waals surface area contributed by atoms with Crippen LogP contribution in [-0.4, -0.2) is 32.3 Å². The average molecular weight is 498 g/mol. The quantitative estimate of drug-likeness (QED) is 0.317. The molecular formula is C23H20ClN5O4S. The number of rotatable bonds is 10. The maximum absolute atomic E-state index is 12.4. The maximum atomic E-state index is 12.4. The number of anilines is 1. The minimum absolute atomic E-state index is 0.103. The second-order valence-corrected chi connectivity index (χ2v) is 8.46. The Labute approximate surface area is 204 Å². The van der Waals surface area contributed by atoms with Gasteiger partial charge in [0, 0.05) is 16.3 Å². The molecular weight excluding hydrogens is 478 g/mol. The predicted molar refractivity (Wildman–Crippen MR) is 128 cm³/mol. The fourth-order valence-electron chi connectivity index (χ4n) is 2.97. The Balaban J connectivity index is 1.42. The highest BCUT2D eigenvalue weighted by atomic mass is 35.5. The first-order valence-electron chi connectivity index (χ1n) is 10.1. The summed E-state index contributed by atoms with van der Waals surface area (Å²) in [7, 11) is 0. The van der Waals surface area contributed by atoms with Crippen LogP contribution in [-0.2, 0) is 17.9 Å². The van der Waals surface area contributed by atoms with Gasteiger partial charge in [0.1, 0.15) is 18.1 Å². The molecule has 11 heteroatoms. The third kappa shape index (κ3) is 6.18. The second-order valence-electron chi connectivity index (χ2n) is 7.09. The minimum Gasteiger partial charge on any atom is -0.486 e. The summed E-state index contributed by atoms with van der Waals surface area (Å²) >= 11 is 7.16. The van der Waals surface area contributed by atoms with Crippen molar-refractivity contribution < 1.29 is 18.7 Å². The smallest absolute Gasteiger partial charge is 0.248 e. The number of hydrogen-bond donors (Lipinski definition) is 2. The number of carbonyl (C=O) groups is 2. The summed E-state index contributed by atoms with van der Waals surface area (Å²) in [6, 6.07) is 17.0. The Bertz CT molecular complexity index is 1260. The summed E-state index contributed by atoms with van der Waals surface area (Å²) in [5.74, 6) is 1.28. The molecule has 3 N–H and O–H groups in total. The lowest BCUT2D eigenvalue weighted by molar-refractivity contribution is -0.113. The van der Waals surface area contributed by atoms with Crippen LogP contribution < -0.4 is 15.8 Å².